The van der Waals surface area contributed by atoms with Crippen molar-refractivity contribution in [3.63, 3.8) is 0 Å². The SMILES string of the molecule is CCN(c1ccc(C)cc1)c1cncc(CNC2CC2)n1. The van der Waals surface area contributed by atoms with Gasteiger partial charge in [0, 0.05) is 31.0 Å². The van der Waals surface area contributed by atoms with Crippen LogP contribution in [0.2, 0.25) is 0 Å². The number of nitrogens with one attached hydrogen (secondary N) is 1. The highest BCUT2D eigenvalue weighted by Gasteiger charge is 2.20. The summed E-state index contributed by atoms with van der Waals surface area (Å²) in [6.07, 6.45) is 6.26. The number of aromatic nitrogens is 2. The van der Waals surface area contributed by atoms with E-state index in [9.17, 15) is 0 Å². The fourth-order valence-electron chi connectivity index (χ4n) is 2.35. The molecule has 3 rings (SSSR count). The molecule has 1 N–H and O–H groups in total. The van der Waals surface area contributed by atoms with E-state index in [1.807, 2.05) is 12.4 Å². The maximum atomic E-state index is 4.74. The van der Waals surface area contributed by atoms with Crippen LogP contribution < -0.4 is 10.2 Å². The topological polar surface area (TPSA) is 41.1 Å². The summed E-state index contributed by atoms with van der Waals surface area (Å²) in [6, 6.07) is 9.22. The molecule has 110 valence electrons. The highest BCUT2D eigenvalue weighted by molar-refractivity contribution is 5.59. The minimum absolute atomic E-state index is 0.690. The third-order valence-electron chi connectivity index (χ3n) is 3.76. The van der Waals surface area contributed by atoms with E-state index in [-0.39, 0.29) is 0 Å². The molecule has 21 heavy (non-hydrogen) atoms. The van der Waals surface area contributed by atoms with Crippen LogP contribution in [0.1, 0.15) is 31.0 Å². The van der Waals surface area contributed by atoms with Crippen LogP contribution in [0, 0.1) is 6.92 Å². The lowest BCUT2D eigenvalue weighted by atomic mass is 10.2. The molecule has 4 nitrogen and oxygen atoms in total. The van der Waals surface area contributed by atoms with Crippen molar-refractivity contribution in [2.45, 2.75) is 39.3 Å². The molecule has 0 unspecified atom stereocenters. The predicted molar refractivity (Wildman–Crippen MR) is 85.8 cm³/mol. The summed E-state index contributed by atoms with van der Waals surface area (Å²) in [7, 11) is 0. The number of benzene rings is 1. The second-order valence-corrected chi connectivity index (χ2v) is 5.60. The molecule has 1 saturated carbocycles. The van der Waals surface area contributed by atoms with Gasteiger partial charge in [-0.25, -0.2) is 4.98 Å². The smallest absolute Gasteiger partial charge is 0.151 e. The zero-order valence-corrected chi connectivity index (χ0v) is 12.7. The number of hydrogen-bond donors (Lipinski definition) is 1. The van der Waals surface area contributed by atoms with Crippen LogP contribution in [0.25, 0.3) is 0 Å². The third-order valence-corrected chi connectivity index (χ3v) is 3.76. The fourth-order valence-corrected chi connectivity index (χ4v) is 2.35. The summed E-state index contributed by atoms with van der Waals surface area (Å²) in [5.41, 5.74) is 3.43. The Labute approximate surface area is 126 Å². The molecule has 0 spiro atoms. The van der Waals surface area contributed by atoms with Crippen LogP contribution in [-0.2, 0) is 6.54 Å². The minimum atomic E-state index is 0.690. The number of nitrogens with zero attached hydrogens (tertiary/aromatic N) is 3. The molecular formula is C17H22N4. The van der Waals surface area contributed by atoms with Gasteiger partial charge >= 0.3 is 0 Å². The van der Waals surface area contributed by atoms with Crippen LogP contribution in [-0.4, -0.2) is 22.6 Å². The second kappa shape index (κ2) is 6.22. The molecule has 1 heterocycles. The Kier molecular flexibility index (Phi) is 4.15. The largest absolute Gasteiger partial charge is 0.325 e. The lowest BCUT2D eigenvalue weighted by Gasteiger charge is -2.22. The van der Waals surface area contributed by atoms with Crippen molar-refractivity contribution < 1.29 is 0 Å². The number of aryl methyl sites for hydroxylation is 1. The van der Waals surface area contributed by atoms with Gasteiger partial charge in [0.25, 0.3) is 0 Å². The van der Waals surface area contributed by atoms with Gasteiger partial charge in [0.2, 0.25) is 0 Å². The molecule has 1 fully saturated rings. The highest BCUT2D eigenvalue weighted by atomic mass is 15.2. The van der Waals surface area contributed by atoms with Gasteiger partial charge in [0.15, 0.2) is 5.82 Å². The van der Waals surface area contributed by atoms with Crippen molar-refractivity contribution in [2.75, 3.05) is 11.4 Å². The van der Waals surface area contributed by atoms with Gasteiger partial charge in [0.05, 0.1) is 11.9 Å². The van der Waals surface area contributed by atoms with Crippen LogP contribution >= 0.6 is 0 Å². The van der Waals surface area contributed by atoms with Gasteiger partial charge in [-0.15, -0.1) is 0 Å². The lowest BCUT2D eigenvalue weighted by Crippen LogP contribution is -2.20. The van der Waals surface area contributed by atoms with Gasteiger partial charge in [0.1, 0.15) is 0 Å². The van der Waals surface area contributed by atoms with Crippen molar-refractivity contribution in [1.29, 1.82) is 0 Å². The highest BCUT2D eigenvalue weighted by Crippen LogP contribution is 2.23. The van der Waals surface area contributed by atoms with E-state index in [2.05, 4.69) is 53.3 Å². The fraction of sp³-hybridized carbons (Fsp3) is 0.412. The Balaban J connectivity index is 1.78. The summed E-state index contributed by atoms with van der Waals surface area (Å²) >= 11 is 0. The van der Waals surface area contributed by atoms with Gasteiger partial charge in [-0.2, -0.15) is 0 Å². The molecule has 1 aliphatic carbocycles. The Hall–Kier alpha value is -1.94. The average Bonchev–Trinajstić information content (AvgIpc) is 3.33. The Morgan fingerprint density at radius 2 is 1.95 bits per heavy atom. The summed E-state index contributed by atoms with van der Waals surface area (Å²) in [5.74, 6) is 0.913. The Bertz CT molecular complexity index is 590. The van der Waals surface area contributed by atoms with Crippen molar-refractivity contribution in [2.24, 2.45) is 0 Å². The molecule has 0 amide bonds. The zero-order valence-electron chi connectivity index (χ0n) is 12.7. The van der Waals surface area contributed by atoms with Gasteiger partial charge < -0.3 is 10.2 Å². The van der Waals surface area contributed by atoms with Gasteiger partial charge in [-0.1, -0.05) is 17.7 Å². The second-order valence-electron chi connectivity index (χ2n) is 5.60. The lowest BCUT2D eigenvalue weighted by molar-refractivity contribution is 0.671. The standard InChI is InChI=1S/C17H22N4/c1-3-21(16-8-4-13(2)5-9-16)17-12-18-10-15(20-17)11-19-14-6-7-14/h4-5,8-10,12,14,19H,3,6-7,11H2,1-2H3. The zero-order chi connectivity index (χ0) is 14.7. The van der Waals surface area contributed by atoms with Crippen molar-refractivity contribution >= 4 is 11.5 Å². The van der Waals surface area contributed by atoms with E-state index >= 15 is 0 Å². The third kappa shape index (κ3) is 3.58. The molecular weight excluding hydrogens is 260 g/mol. The van der Waals surface area contributed by atoms with E-state index in [1.165, 1.54) is 18.4 Å². The first-order valence-corrected chi connectivity index (χ1v) is 7.65. The normalized spacial score (nSPS) is 14.2. The molecule has 4 heteroatoms. The molecule has 0 aliphatic heterocycles. The first kappa shape index (κ1) is 14.0. The monoisotopic (exact) mass is 282 g/mol. The molecule has 1 aromatic carbocycles. The van der Waals surface area contributed by atoms with Crippen molar-refractivity contribution in [3.8, 4) is 0 Å². The maximum Gasteiger partial charge on any atom is 0.151 e. The van der Waals surface area contributed by atoms with E-state index in [0.29, 0.717) is 6.04 Å². The molecule has 0 atom stereocenters. The number of rotatable bonds is 6. The van der Waals surface area contributed by atoms with Gasteiger partial charge in [-0.3, -0.25) is 4.98 Å². The summed E-state index contributed by atoms with van der Waals surface area (Å²) in [6.45, 7) is 5.91. The Morgan fingerprint density at radius 3 is 2.62 bits per heavy atom. The van der Waals surface area contributed by atoms with Crippen LogP contribution in [0.5, 0.6) is 0 Å². The van der Waals surface area contributed by atoms with E-state index < -0.39 is 0 Å². The van der Waals surface area contributed by atoms with Crippen LogP contribution in [0.4, 0.5) is 11.5 Å². The maximum absolute atomic E-state index is 4.74. The first-order valence-electron chi connectivity index (χ1n) is 7.65. The molecule has 0 radical (unpaired) electrons. The number of anilines is 2. The number of hydrogen-bond acceptors (Lipinski definition) is 4. The minimum Gasteiger partial charge on any atom is -0.325 e. The quantitative estimate of drug-likeness (QED) is 0.883. The van der Waals surface area contributed by atoms with Crippen LogP contribution in [0.3, 0.4) is 0 Å². The summed E-state index contributed by atoms with van der Waals surface area (Å²) in [4.78, 5) is 11.3. The van der Waals surface area contributed by atoms with Crippen molar-refractivity contribution in [3.05, 3.63) is 47.9 Å². The van der Waals surface area contributed by atoms with Crippen molar-refractivity contribution in [1.82, 2.24) is 15.3 Å². The molecule has 0 bridgehead atoms. The molecule has 1 aromatic heterocycles. The van der Waals surface area contributed by atoms with Crippen LogP contribution in [0.15, 0.2) is 36.7 Å². The van der Waals surface area contributed by atoms with E-state index in [4.69, 9.17) is 4.98 Å². The molecule has 2 aromatic rings. The molecule has 0 saturated heterocycles. The molecule has 1 aliphatic rings. The Morgan fingerprint density at radius 1 is 1.19 bits per heavy atom. The average molecular weight is 282 g/mol. The summed E-state index contributed by atoms with van der Waals surface area (Å²) in [5, 5.41) is 3.48. The van der Waals surface area contributed by atoms with E-state index in [1.54, 1.807) is 0 Å². The first-order chi connectivity index (χ1) is 10.3. The predicted octanol–water partition coefficient (Wildman–Crippen LogP) is 3.20. The summed E-state index contributed by atoms with van der Waals surface area (Å²) < 4.78 is 0. The van der Waals surface area contributed by atoms with E-state index in [0.717, 1.165) is 30.3 Å². The van der Waals surface area contributed by atoms with Gasteiger partial charge in [-0.05, 0) is 38.8 Å².